The number of amides is 1. The smallest absolute Gasteiger partial charge is 0.306 e. The third kappa shape index (κ3) is 60.1. The SMILES string of the molecule is CCCCC/C=C\C/C=C\C/C=C\C/C=C\CCCCCCCCCCCCCC(=O)OC(/C=C\CCCCCCCCCCCCC)C(COP(=O)([O-])OCC[N+](C)(C)C)NC(=O)CCCCCCCCCCCCCCC. The molecule has 1 amide bonds. The zero-order valence-electron chi connectivity index (χ0n) is 52.8. The number of carbonyl (C=O) groups excluding carboxylic acids is 2. The van der Waals surface area contributed by atoms with E-state index < -0.39 is 20.0 Å². The van der Waals surface area contributed by atoms with Crippen molar-refractivity contribution in [3.05, 3.63) is 60.8 Å². The fraction of sp³-hybridized carbons (Fsp3) is 0.826. The minimum absolute atomic E-state index is 0.0219. The molecule has 0 fully saturated rings. The summed E-state index contributed by atoms with van der Waals surface area (Å²) < 4.78 is 30.4. The Labute approximate surface area is 490 Å². The number of esters is 1. The highest BCUT2D eigenvalue weighted by Crippen LogP contribution is 2.38. The first kappa shape index (κ1) is 76.7. The molecule has 0 bridgehead atoms. The van der Waals surface area contributed by atoms with Gasteiger partial charge in [0.2, 0.25) is 5.91 Å². The number of ether oxygens (including phenoxy) is 1. The molecule has 0 radical (unpaired) electrons. The van der Waals surface area contributed by atoms with Crippen LogP contribution in [0.15, 0.2) is 60.8 Å². The molecular weight excluding hydrogens is 1000 g/mol. The molecule has 0 aromatic carbocycles. The predicted octanol–water partition coefficient (Wildman–Crippen LogP) is 20.4. The summed E-state index contributed by atoms with van der Waals surface area (Å²) in [6, 6.07) is -0.888. The zero-order chi connectivity index (χ0) is 57.9. The number of hydrogen-bond acceptors (Lipinski definition) is 7. The molecule has 0 aromatic rings. The maximum atomic E-state index is 13.5. The Morgan fingerprint density at radius 3 is 1.18 bits per heavy atom. The standard InChI is InChI=1S/C69H129N2O7P/c1-7-10-13-16-19-22-25-28-29-30-31-32-33-34-35-36-37-38-39-40-41-44-47-50-53-56-59-62-69(73)78-67(60-57-54-51-48-45-42-26-23-20-17-14-11-8-2)66(65-77-79(74,75)76-64-63-71(4,5)6)70-68(72)61-58-55-52-49-46-43-27-24-21-18-15-12-9-3/h19,22,28-29,31-32,34-35,57,60,66-67H,7-18,20-21,23-27,30,33,36-56,58-59,61-65H2,1-6H3,(H-,70,72,74,75)/b22-19-,29-28-,32-31-,35-34-,60-57-. The molecule has 9 nitrogen and oxygen atoms in total. The van der Waals surface area contributed by atoms with Gasteiger partial charge in [0, 0.05) is 12.8 Å². The van der Waals surface area contributed by atoms with Crippen molar-refractivity contribution in [2.45, 2.75) is 328 Å². The summed E-state index contributed by atoms with van der Waals surface area (Å²) in [5.74, 6) is -0.534. The van der Waals surface area contributed by atoms with Gasteiger partial charge in [-0.05, 0) is 76.7 Å². The van der Waals surface area contributed by atoms with Crippen LogP contribution >= 0.6 is 7.82 Å². The maximum absolute atomic E-state index is 13.5. The van der Waals surface area contributed by atoms with Crippen molar-refractivity contribution in [2.24, 2.45) is 0 Å². The minimum atomic E-state index is -4.70. The lowest BCUT2D eigenvalue weighted by molar-refractivity contribution is -0.870. The first-order valence-electron chi connectivity index (χ1n) is 33.6. The molecule has 0 saturated carbocycles. The number of likely N-dealkylation sites (N-methyl/N-ethyl adjacent to an activating group) is 1. The van der Waals surface area contributed by atoms with Gasteiger partial charge in [-0.3, -0.25) is 14.2 Å². The predicted molar refractivity (Wildman–Crippen MR) is 339 cm³/mol. The number of phosphoric ester groups is 1. The molecule has 10 heteroatoms. The van der Waals surface area contributed by atoms with E-state index in [9.17, 15) is 19.0 Å². The van der Waals surface area contributed by atoms with Crippen molar-refractivity contribution >= 4 is 19.7 Å². The molecule has 3 unspecified atom stereocenters. The van der Waals surface area contributed by atoms with Crippen LogP contribution < -0.4 is 10.2 Å². The second kappa shape index (κ2) is 58.9. The summed E-state index contributed by atoms with van der Waals surface area (Å²) in [6.07, 6.45) is 74.7. The number of rotatable bonds is 61. The van der Waals surface area contributed by atoms with Crippen LogP contribution in [0.3, 0.4) is 0 Å². The Morgan fingerprint density at radius 2 is 0.772 bits per heavy atom. The van der Waals surface area contributed by atoms with Gasteiger partial charge in [0.1, 0.15) is 19.3 Å². The van der Waals surface area contributed by atoms with Gasteiger partial charge in [-0.25, -0.2) is 0 Å². The largest absolute Gasteiger partial charge is 0.756 e. The van der Waals surface area contributed by atoms with E-state index in [0.29, 0.717) is 17.4 Å². The highest BCUT2D eigenvalue weighted by Gasteiger charge is 2.27. The van der Waals surface area contributed by atoms with Crippen molar-refractivity contribution in [1.82, 2.24) is 5.32 Å². The monoisotopic (exact) mass is 1130 g/mol. The summed E-state index contributed by atoms with van der Waals surface area (Å²) in [6.45, 7) is 6.84. The Morgan fingerprint density at radius 1 is 0.443 bits per heavy atom. The summed E-state index contributed by atoms with van der Waals surface area (Å²) in [4.78, 5) is 40.0. The molecule has 0 aliphatic rings. The van der Waals surface area contributed by atoms with Crippen molar-refractivity contribution in [1.29, 1.82) is 0 Å². The molecule has 462 valence electrons. The first-order chi connectivity index (χ1) is 38.4. The maximum Gasteiger partial charge on any atom is 0.306 e. The summed E-state index contributed by atoms with van der Waals surface area (Å²) in [5.41, 5.74) is 0. The van der Waals surface area contributed by atoms with Crippen LogP contribution in [0.25, 0.3) is 0 Å². The van der Waals surface area contributed by atoms with E-state index in [-0.39, 0.29) is 31.5 Å². The fourth-order valence-electron chi connectivity index (χ4n) is 9.74. The van der Waals surface area contributed by atoms with Crippen LogP contribution in [0.5, 0.6) is 0 Å². The van der Waals surface area contributed by atoms with Gasteiger partial charge in [0.15, 0.2) is 0 Å². The molecule has 0 heterocycles. The second-order valence-electron chi connectivity index (χ2n) is 24.0. The molecule has 79 heavy (non-hydrogen) atoms. The number of carbonyl (C=O) groups is 2. The van der Waals surface area contributed by atoms with E-state index in [1.54, 1.807) is 0 Å². The third-order valence-electron chi connectivity index (χ3n) is 15.0. The highest BCUT2D eigenvalue weighted by atomic mass is 31.2. The molecule has 0 spiro atoms. The lowest BCUT2D eigenvalue weighted by Crippen LogP contribution is -2.47. The molecule has 1 N–H and O–H groups in total. The molecule has 3 atom stereocenters. The van der Waals surface area contributed by atoms with Gasteiger partial charge < -0.3 is 28.5 Å². The van der Waals surface area contributed by atoms with Gasteiger partial charge >= 0.3 is 5.97 Å². The lowest BCUT2D eigenvalue weighted by Gasteiger charge is -2.30. The van der Waals surface area contributed by atoms with Crippen molar-refractivity contribution in [3.8, 4) is 0 Å². The highest BCUT2D eigenvalue weighted by molar-refractivity contribution is 7.45. The summed E-state index contributed by atoms with van der Waals surface area (Å²) >= 11 is 0. The summed E-state index contributed by atoms with van der Waals surface area (Å²) in [7, 11) is 1.19. The van der Waals surface area contributed by atoms with Crippen LogP contribution in [0.1, 0.15) is 316 Å². The van der Waals surface area contributed by atoms with E-state index in [1.165, 1.54) is 205 Å². The third-order valence-corrected chi connectivity index (χ3v) is 15.9. The van der Waals surface area contributed by atoms with Crippen molar-refractivity contribution < 1.29 is 37.3 Å². The molecule has 0 aliphatic heterocycles. The van der Waals surface area contributed by atoms with Gasteiger partial charge in [0.05, 0.1) is 33.8 Å². The van der Waals surface area contributed by atoms with Crippen LogP contribution in [-0.4, -0.2) is 69.4 Å². The number of unbranched alkanes of at least 4 members (excludes halogenated alkanes) is 37. The van der Waals surface area contributed by atoms with Gasteiger partial charge in [0.25, 0.3) is 7.82 Å². The Bertz CT molecular complexity index is 1540. The van der Waals surface area contributed by atoms with Crippen molar-refractivity contribution in [3.63, 3.8) is 0 Å². The van der Waals surface area contributed by atoms with Crippen LogP contribution in [-0.2, 0) is 27.9 Å². The lowest BCUT2D eigenvalue weighted by atomic mass is 10.0. The van der Waals surface area contributed by atoms with E-state index in [0.717, 1.165) is 77.0 Å². The zero-order valence-corrected chi connectivity index (χ0v) is 53.7. The number of quaternary nitrogens is 1. The number of allylic oxidation sites excluding steroid dienone is 9. The first-order valence-corrected chi connectivity index (χ1v) is 35.1. The quantitative estimate of drug-likeness (QED) is 0.0212. The average molecular weight is 1130 g/mol. The Balaban J connectivity index is 5.06. The van der Waals surface area contributed by atoms with Gasteiger partial charge in [-0.1, -0.05) is 287 Å². The Hall–Kier alpha value is -2.29. The molecule has 0 aliphatic carbocycles. The van der Waals surface area contributed by atoms with Gasteiger partial charge in [-0.2, -0.15) is 0 Å². The molecule has 0 saturated heterocycles. The number of nitrogens with one attached hydrogen (secondary N) is 1. The number of hydrogen-bond donors (Lipinski definition) is 1. The van der Waals surface area contributed by atoms with Crippen LogP contribution in [0, 0.1) is 0 Å². The molecule has 0 aromatic heterocycles. The van der Waals surface area contributed by atoms with Crippen molar-refractivity contribution in [2.75, 3.05) is 40.9 Å². The molecular formula is C69H129N2O7P. The van der Waals surface area contributed by atoms with E-state index in [1.807, 2.05) is 33.3 Å². The van der Waals surface area contributed by atoms with Crippen LogP contribution in [0.4, 0.5) is 0 Å². The second-order valence-corrected chi connectivity index (χ2v) is 25.4. The Kier molecular flexibility index (Phi) is 57.2. The van der Waals surface area contributed by atoms with E-state index in [2.05, 4.69) is 74.7 Å². The van der Waals surface area contributed by atoms with Gasteiger partial charge in [-0.15, -0.1) is 0 Å². The molecule has 0 rings (SSSR count). The van der Waals surface area contributed by atoms with E-state index in [4.69, 9.17) is 13.8 Å². The minimum Gasteiger partial charge on any atom is -0.756 e. The average Bonchev–Trinajstić information content (AvgIpc) is 3.41. The summed E-state index contributed by atoms with van der Waals surface area (Å²) in [5, 5.41) is 3.04. The normalized spacial score (nSPS) is 14.0. The number of phosphoric acid groups is 1. The van der Waals surface area contributed by atoms with E-state index >= 15 is 0 Å². The van der Waals surface area contributed by atoms with Crippen LogP contribution in [0.2, 0.25) is 0 Å². The number of nitrogens with zero attached hydrogens (tertiary/aromatic N) is 1. The fourth-order valence-corrected chi connectivity index (χ4v) is 10.5. The topological polar surface area (TPSA) is 114 Å².